The maximum Gasteiger partial charge on any atom is 0.142 e. The Kier molecular flexibility index (Phi) is 4.91. The number of ether oxygens (including phenoxy) is 2. The maximum atomic E-state index is 14.0. The second-order valence-electron chi connectivity index (χ2n) is 5.41. The van der Waals surface area contributed by atoms with E-state index in [1.165, 1.54) is 6.07 Å². The number of nitrogens with one attached hydrogen (secondary N) is 1. The largest absolute Gasteiger partial charge is 0.490 e. The molecule has 120 valence electrons. The van der Waals surface area contributed by atoms with Gasteiger partial charge in [-0.15, -0.1) is 0 Å². The van der Waals surface area contributed by atoms with Gasteiger partial charge in [-0.1, -0.05) is 9.39 Å². The van der Waals surface area contributed by atoms with Gasteiger partial charge in [-0.25, -0.2) is 8.78 Å². The van der Waals surface area contributed by atoms with Gasteiger partial charge in [0, 0.05) is 25.1 Å². The highest BCUT2D eigenvalue weighted by Gasteiger charge is 2.32. The van der Waals surface area contributed by atoms with Crippen molar-refractivity contribution in [3.63, 3.8) is 0 Å². The highest BCUT2D eigenvalue weighted by molar-refractivity contribution is 7.13. The Labute approximate surface area is 130 Å². The first kappa shape index (κ1) is 15.7. The molecule has 1 fully saturated rings. The average Bonchev–Trinajstić information content (AvgIpc) is 2.57. The summed E-state index contributed by atoms with van der Waals surface area (Å²) in [5.41, 5.74) is 1.29. The lowest BCUT2D eigenvalue weighted by Gasteiger charge is -2.38. The van der Waals surface area contributed by atoms with E-state index in [0.717, 1.165) is 30.9 Å². The van der Waals surface area contributed by atoms with Crippen LogP contribution in [0.2, 0.25) is 0 Å². The van der Waals surface area contributed by atoms with Gasteiger partial charge in [0.1, 0.15) is 24.0 Å². The van der Waals surface area contributed by atoms with E-state index < -0.39 is 17.7 Å². The zero-order valence-corrected chi connectivity index (χ0v) is 13.3. The normalized spacial score (nSPS) is 25.6. The van der Waals surface area contributed by atoms with E-state index in [2.05, 4.69) is 19.4 Å². The Bertz CT molecular complexity index is 564. The molecule has 2 aliphatic rings. The summed E-state index contributed by atoms with van der Waals surface area (Å²) in [5, 5.41) is 3.07. The zero-order valence-electron chi connectivity index (χ0n) is 12.1. The quantitative estimate of drug-likeness (QED) is 0.864. The van der Waals surface area contributed by atoms with Crippen LogP contribution >= 0.6 is 9.39 Å². The van der Waals surface area contributed by atoms with Crippen molar-refractivity contribution in [2.45, 2.75) is 18.6 Å². The molecule has 0 spiro atoms. The van der Waals surface area contributed by atoms with Crippen LogP contribution in [0.1, 0.15) is 18.1 Å². The van der Waals surface area contributed by atoms with Gasteiger partial charge in [0.25, 0.3) is 0 Å². The lowest BCUT2D eigenvalue weighted by atomic mass is 9.96. The van der Waals surface area contributed by atoms with Crippen molar-refractivity contribution in [1.82, 2.24) is 9.99 Å². The van der Waals surface area contributed by atoms with E-state index in [9.17, 15) is 8.78 Å². The molecule has 4 nitrogen and oxygen atoms in total. The predicted molar refractivity (Wildman–Crippen MR) is 81.9 cm³/mol. The number of morpholine rings is 1. The van der Waals surface area contributed by atoms with Gasteiger partial charge in [-0.2, -0.15) is 0 Å². The highest BCUT2D eigenvalue weighted by atomic mass is 31.0. The van der Waals surface area contributed by atoms with Crippen molar-refractivity contribution >= 4 is 9.39 Å². The molecule has 22 heavy (non-hydrogen) atoms. The molecule has 0 saturated carbocycles. The average molecular weight is 328 g/mol. The van der Waals surface area contributed by atoms with E-state index in [-0.39, 0.29) is 11.6 Å². The van der Waals surface area contributed by atoms with Gasteiger partial charge >= 0.3 is 0 Å². The smallest absolute Gasteiger partial charge is 0.142 e. The van der Waals surface area contributed by atoms with Gasteiger partial charge in [0.05, 0.1) is 25.0 Å². The Morgan fingerprint density at radius 1 is 1.23 bits per heavy atom. The molecule has 3 rings (SSSR count). The highest BCUT2D eigenvalue weighted by Crippen LogP contribution is 2.34. The number of hydrogen-bond acceptors (Lipinski definition) is 4. The summed E-state index contributed by atoms with van der Waals surface area (Å²) < 4.78 is 38.5. The summed E-state index contributed by atoms with van der Waals surface area (Å²) in [7, 11) is 2.44. The monoisotopic (exact) mass is 328 g/mol. The minimum atomic E-state index is -0.557. The predicted octanol–water partition coefficient (Wildman–Crippen LogP) is 2.35. The summed E-state index contributed by atoms with van der Waals surface area (Å²) in [6.07, 6.45) is 1.79. The molecule has 2 heterocycles. The van der Waals surface area contributed by atoms with Crippen LogP contribution in [0.5, 0.6) is 0 Å². The SMILES string of the molecule is Fc1ccc(F)c([C@H]2OC=C(N3CCOCC3)CC2NP)c1. The van der Waals surface area contributed by atoms with E-state index in [1.807, 2.05) is 0 Å². The van der Waals surface area contributed by atoms with Crippen LogP contribution in [0, 0.1) is 11.6 Å². The van der Waals surface area contributed by atoms with Crippen molar-refractivity contribution < 1.29 is 18.3 Å². The molecule has 3 atom stereocenters. The van der Waals surface area contributed by atoms with E-state index in [0.29, 0.717) is 19.6 Å². The van der Waals surface area contributed by atoms with Crippen LogP contribution in [0.3, 0.4) is 0 Å². The minimum absolute atomic E-state index is 0.149. The Morgan fingerprint density at radius 2 is 2.00 bits per heavy atom. The van der Waals surface area contributed by atoms with Crippen molar-refractivity contribution in [2.75, 3.05) is 26.3 Å². The summed E-state index contributed by atoms with van der Waals surface area (Å²) in [5.74, 6) is -0.926. The molecule has 2 unspecified atom stereocenters. The first-order valence-electron chi connectivity index (χ1n) is 7.27. The van der Waals surface area contributed by atoms with Crippen LogP contribution in [0.15, 0.2) is 30.2 Å². The fourth-order valence-corrected chi connectivity index (χ4v) is 3.14. The molecule has 2 aliphatic heterocycles. The maximum absolute atomic E-state index is 14.0. The standard InChI is InChI=1S/C15H19F2N2O2P/c16-10-1-2-13(17)12(7-10)15-14(18-22)8-11(9-21-15)19-3-5-20-6-4-19/h1-2,7,9,14-15,18H,3-6,8,22H2/t14?,15-/m1/s1. The van der Waals surface area contributed by atoms with Crippen molar-refractivity contribution in [1.29, 1.82) is 0 Å². The van der Waals surface area contributed by atoms with Crippen LogP contribution in [-0.4, -0.2) is 37.2 Å². The molecule has 0 bridgehead atoms. The topological polar surface area (TPSA) is 33.7 Å². The van der Waals surface area contributed by atoms with Gasteiger partial charge in [0.2, 0.25) is 0 Å². The Balaban J connectivity index is 1.81. The van der Waals surface area contributed by atoms with E-state index in [4.69, 9.17) is 9.47 Å². The number of halogens is 2. The van der Waals surface area contributed by atoms with Crippen molar-refractivity contribution in [3.8, 4) is 0 Å². The fourth-order valence-electron chi connectivity index (χ4n) is 2.85. The van der Waals surface area contributed by atoms with Crippen LogP contribution in [-0.2, 0) is 9.47 Å². The zero-order chi connectivity index (χ0) is 15.5. The van der Waals surface area contributed by atoms with Gasteiger partial charge < -0.3 is 14.4 Å². The summed E-state index contributed by atoms with van der Waals surface area (Å²) in [4.78, 5) is 2.21. The van der Waals surface area contributed by atoms with Crippen LogP contribution in [0.25, 0.3) is 0 Å². The first-order chi connectivity index (χ1) is 10.7. The molecule has 0 amide bonds. The molecule has 1 N–H and O–H groups in total. The molecule has 1 saturated heterocycles. The molecule has 1 aromatic rings. The number of benzene rings is 1. The number of hydrogen-bond donors (Lipinski definition) is 1. The fraction of sp³-hybridized carbons (Fsp3) is 0.467. The summed E-state index contributed by atoms with van der Waals surface area (Å²) in [6, 6.07) is 3.29. The Hall–Kier alpha value is -1.23. The van der Waals surface area contributed by atoms with Gasteiger partial charge in [-0.3, -0.25) is 5.09 Å². The number of nitrogens with zero attached hydrogens (tertiary/aromatic N) is 1. The van der Waals surface area contributed by atoms with E-state index in [1.54, 1.807) is 6.26 Å². The lowest BCUT2D eigenvalue weighted by molar-refractivity contribution is 0.0328. The second kappa shape index (κ2) is 6.90. The number of rotatable bonds is 3. The molecule has 0 aliphatic carbocycles. The Morgan fingerprint density at radius 3 is 2.73 bits per heavy atom. The third-order valence-electron chi connectivity index (χ3n) is 4.04. The molecule has 0 radical (unpaired) electrons. The third-order valence-corrected chi connectivity index (χ3v) is 4.47. The van der Waals surface area contributed by atoms with Crippen LogP contribution < -0.4 is 5.09 Å². The van der Waals surface area contributed by atoms with Crippen molar-refractivity contribution in [3.05, 3.63) is 47.4 Å². The van der Waals surface area contributed by atoms with Crippen molar-refractivity contribution in [2.24, 2.45) is 0 Å². The van der Waals surface area contributed by atoms with Gasteiger partial charge in [0.15, 0.2) is 0 Å². The van der Waals surface area contributed by atoms with Gasteiger partial charge in [-0.05, 0) is 18.2 Å². The molecule has 7 heteroatoms. The molecule has 1 aromatic carbocycles. The lowest BCUT2D eigenvalue weighted by Crippen LogP contribution is -2.41. The third kappa shape index (κ3) is 3.24. The van der Waals surface area contributed by atoms with E-state index >= 15 is 0 Å². The minimum Gasteiger partial charge on any atom is -0.490 e. The molecular weight excluding hydrogens is 309 g/mol. The molecular formula is C15H19F2N2O2P. The summed E-state index contributed by atoms with van der Waals surface area (Å²) >= 11 is 0. The molecule has 0 aromatic heterocycles. The summed E-state index contributed by atoms with van der Waals surface area (Å²) in [6.45, 7) is 3.02. The first-order valence-corrected chi connectivity index (χ1v) is 7.85. The second-order valence-corrected chi connectivity index (χ2v) is 5.74. The van der Waals surface area contributed by atoms with Crippen LogP contribution in [0.4, 0.5) is 8.78 Å².